The zero-order valence-electron chi connectivity index (χ0n) is 9.77. The van der Waals surface area contributed by atoms with Crippen molar-refractivity contribution in [2.45, 2.75) is 13.8 Å². The lowest BCUT2D eigenvalue weighted by Gasteiger charge is -2.11. The summed E-state index contributed by atoms with van der Waals surface area (Å²) in [6.45, 7) is 3.83. The molecule has 0 bridgehead atoms. The van der Waals surface area contributed by atoms with Crippen LogP contribution in [-0.4, -0.2) is 9.97 Å². The maximum Gasteiger partial charge on any atom is 0.227 e. The molecule has 88 valence electrons. The molecule has 0 spiro atoms. The third-order valence-electron chi connectivity index (χ3n) is 2.47. The highest BCUT2D eigenvalue weighted by Crippen LogP contribution is 2.27. The van der Waals surface area contributed by atoms with E-state index in [0.29, 0.717) is 11.7 Å². The SMILES string of the molecule is Cc1ccccc1Oc1ncnc(NN)c1C. The van der Waals surface area contributed by atoms with Crippen molar-refractivity contribution in [1.82, 2.24) is 9.97 Å². The largest absolute Gasteiger partial charge is 0.438 e. The number of anilines is 1. The molecule has 1 aromatic carbocycles. The minimum atomic E-state index is 0.502. The van der Waals surface area contributed by atoms with Crippen LogP contribution in [0, 0.1) is 13.8 Å². The van der Waals surface area contributed by atoms with E-state index in [1.54, 1.807) is 0 Å². The smallest absolute Gasteiger partial charge is 0.227 e. The van der Waals surface area contributed by atoms with Crippen LogP contribution in [0.2, 0.25) is 0 Å². The molecule has 0 fully saturated rings. The molecule has 0 aliphatic carbocycles. The fourth-order valence-corrected chi connectivity index (χ4v) is 1.46. The van der Waals surface area contributed by atoms with Gasteiger partial charge in [-0.25, -0.2) is 15.8 Å². The number of aromatic nitrogens is 2. The first-order valence-corrected chi connectivity index (χ1v) is 5.24. The summed E-state index contributed by atoms with van der Waals surface area (Å²) in [4.78, 5) is 8.09. The van der Waals surface area contributed by atoms with Crippen molar-refractivity contribution in [2.75, 3.05) is 5.43 Å². The Kier molecular flexibility index (Phi) is 3.20. The molecule has 0 aliphatic rings. The minimum Gasteiger partial charge on any atom is -0.438 e. The third kappa shape index (κ3) is 2.34. The van der Waals surface area contributed by atoms with E-state index < -0.39 is 0 Å². The van der Waals surface area contributed by atoms with Crippen molar-refractivity contribution in [3.8, 4) is 11.6 Å². The standard InChI is InChI=1S/C12H14N4O/c1-8-5-3-4-6-10(8)17-12-9(2)11(16-13)14-7-15-12/h3-7H,13H2,1-2H3,(H,14,15,16). The van der Waals surface area contributed by atoms with Gasteiger partial charge in [0.1, 0.15) is 17.9 Å². The van der Waals surface area contributed by atoms with E-state index >= 15 is 0 Å². The fourth-order valence-electron chi connectivity index (χ4n) is 1.46. The molecule has 5 heteroatoms. The second kappa shape index (κ2) is 4.80. The molecule has 2 rings (SSSR count). The number of nitrogens with zero attached hydrogens (tertiary/aromatic N) is 2. The summed E-state index contributed by atoms with van der Waals surface area (Å²) in [5, 5.41) is 0. The van der Waals surface area contributed by atoms with E-state index in [-0.39, 0.29) is 0 Å². The van der Waals surface area contributed by atoms with Crippen molar-refractivity contribution in [3.63, 3.8) is 0 Å². The van der Waals surface area contributed by atoms with Crippen LogP contribution in [0.1, 0.15) is 11.1 Å². The monoisotopic (exact) mass is 230 g/mol. The van der Waals surface area contributed by atoms with Gasteiger partial charge in [-0.05, 0) is 25.5 Å². The van der Waals surface area contributed by atoms with Crippen molar-refractivity contribution in [2.24, 2.45) is 5.84 Å². The summed E-state index contributed by atoms with van der Waals surface area (Å²) in [6, 6.07) is 7.75. The number of aryl methyl sites for hydroxylation is 1. The maximum atomic E-state index is 5.74. The summed E-state index contributed by atoms with van der Waals surface area (Å²) in [5.41, 5.74) is 4.33. The van der Waals surface area contributed by atoms with E-state index in [1.807, 2.05) is 38.1 Å². The topological polar surface area (TPSA) is 73.1 Å². The molecule has 0 saturated carbocycles. The molecule has 5 nitrogen and oxygen atoms in total. The Morgan fingerprint density at radius 2 is 1.94 bits per heavy atom. The highest BCUT2D eigenvalue weighted by molar-refractivity contribution is 5.48. The molecule has 0 radical (unpaired) electrons. The van der Waals surface area contributed by atoms with Crippen LogP contribution in [-0.2, 0) is 0 Å². The average molecular weight is 230 g/mol. The van der Waals surface area contributed by atoms with E-state index in [2.05, 4.69) is 15.4 Å². The fraction of sp³-hybridized carbons (Fsp3) is 0.167. The van der Waals surface area contributed by atoms with Gasteiger partial charge in [-0.3, -0.25) is 0 Å². The molecule has 17 heavy (non-hydrogen) atoms. The number of benzene rings is 1. The zero-order chi connectivity index (χ0) is 12.3. The molecule has 0 amide bonds. The predicted molar refractivity (Wildman–Crippen MR) is 65.8 cm³/mol. The second-order valence-electron chi connectivity index (χ2n) is 3.66. The summed E-state index contributed by atoms with van der Waals surface area (Å²) in [7, 11) is 0. The van der Waals surface area contributed by atoms with Crippen LogP contribution >= 0.6 is 0 Å². The number of ether oxygens (including phenoxy) is 1. The molecule has 0 saturated heterocycles. The van der Waals surface area contributed by atoms with E-state index in [1.165, 1.54) is 6.33 Å². The first-order valence-electron chi connectivity index (χ1n) is 5.24. The van der Waals surface area contributed by atoms with Gasteiger partial charge in [-0.1, -0.05) is 18.2 Å². The van der Waals surface area contributed by atoms with E-state index in [4.69, 9.17) is 10.6 Å². The molecule has 0 unspecified atom stereocenters. The number of hydrogen-bond donors (Lipinski definition) is 2. The highest BCUT2D eigenvalue weighted by atomic mass is 16.5. The van der Waals surface area contributed by atoms with E-state index in [9.17, 15) is 0 Å². The molecule has 2 aromatic rings. The Morgan fingerprint density at radius 3 is 2.65 bits per heavy atom. The average Bonchev–Trinajstić information content (AvgIpc) is 2.34. The number of para-hydroxylation sites is 1. The molecule has 0 aliphatic heterocycles. The lowest BCUT2D eigenvalue weighted by atomic mass is 10.2. The number of hydrogen-bond acceptors (Lipinski definition) is 5. The molecule has 1 heterocycles. The van der Waals surface area contributed by atoms with Crippen molar-refractivity contribution < 1.29 is 4.74 Å². The summed E-state index contributed by atoms with van der Waals surface area (Å²) < 4.78 is 5.74. The van der Waals surface area contributed by atoms with Gasteiger partial charge in [-0.2, -0.15) is 0 Å². The summed E-state index contributed by atoms with van der Waals surface area (Å²) >= 11 is 0. The zero-order valence-corrected chi connectivity index (χ0v) is 9.77. The lowest BCUT2D eigenvalue weighted by Crippen LogP contribution is -2.11. The van der Waals surface area contributed by atoms with Crippen LogP contribution < -0.4 is 16.0 Å². The van der Waals surface area contributed by atoms with Crippen molar-refractivity contribution in [1.29, 1.82) is 0 Å². The Hall–Kier alpha value is -2.14. The van der Waals surface area contributed by atoms with Gasteiger partial charge in [-0.15, -0.1) is 0 Å². The van der Waals surface area contributed by atoms with Crippen LogP contribution in [0.3, 0.4) is 0 Å². The molecule has 1 aromatic heterocycles. The van der Waals surface area contributed by atoms with Crippen molar-refractivity contribution in [3.05, 3.63) is 41.7 Å². The normalized spacial score (nSPS) is 10.1. The summed E-state index contributed by atoms with van der Waals surface area (Å²) in [6.07, 6.45) is 1.41. The van der Waals surface area contributed by atoms with Gasteiger partial charge in [0.2, 0.25) is 5.88 Å². The quantitative estimate of drug-likeness (QED) is 0.624. The van der Waals surface area contributed by atoms with Gasteiger partial charge < -0.3 is 10.2 Å². The summed E-state index contributed by atoms with van der Waals surface area (Å²) in [5.74, 6) is 7.18. The first-order chi connectivity index (χ1) is 8.22. The second-order valence-corrected chi connectivity index (χ2v) is 3.66. The van der Waals surface area contributed by atoms with Gasteiger partial charge >= 0.3 is 0 Å². The Balaban J connectivity index is 2.34. The number of rotatable bonds is 3. The lowest BCUT2D eigenvalue weighted by molar-refractivity contribution is 0.454. The maximum absolute atomic E-state index is 5.74. The van der Waals surface area contributed by atoms with E-state index in [0.717, 1.165) is 16.9 Å². The Labute approximate surface area is 99.6 Å². The molecular formula is C12H14N4O. The van der Waals surface area contributed by atoms with Crippen LogP contribution in [0.25, 0.3) is 0 Å². The number of nitrogens with one attached hydrogen (secondary N) is 1. The predicted octanol–water partition coefficient (Wildman–Crippen LogP) is 2.17. The van der Waals surface area contributed by atoms with Gasteiger partial charge in [0.25, 0.3) is 0 Å². The molecular weight excluding hydrogens is 216 g/mol. The van der Waals surface area contributed by atoms with Gasteiger partial charge in [0.05, 0.1) is 5.56 Å². The van der Waals surface area contributed by atoms with Crippen LogP contribution in [0.4, 0.5) is 5.82 Å². The van der Waals surface area contributed by atoms with Gasteiger partial charge in [0, 0.05) is 0 Å². The minimum absolute atomic E-state index is 0.502. The Bertz CT molecular complexity index is 528. The molecule has 3 N–H and O–H groups in total. The number of hydrazine groups is 1. The van der Waals surface area contributed by atoms with Crippen molar-refractivity contribution >= 4 is 5.82 Å². The third-order valence-corrected chi connectivity index (χ3v) is 2.47. The number of nitrogen functional groups attached to an aromatic ring is 1. The first kappa shape index (κ1) is 11.3. The Morgan fingerprint density at radius 1 is 1.18 bits per heavy atom. The number of nitrogens with two attached hydrogens (primary N) is 1. The van der Waals surface area contributed by atoms with Gasteiger partial charge in [0.15, 0.2) is 0 Å². The van der Waals surface area contributed by atoms with Crippen LogP contribution in [0.5, 0.6) is 11.6 Å². The highest BCUT2D eigenvalue weighted by Gasteiger charge is 2.09. The van der Waals surface area contributed by atoms with Crippen LogP contribution in [0.15, 0.2) is 30.6 Å². The molecule has 0 atom stereocenters.